The lowest BCUT2D eigenvalue weighted by molar-refractivity contribution is 0.256. The van der Waals surface area contributed by atoms with E-state index in [4.69, 9.17) is 4.74 Å². The maximum atomic E-state index is 13.0. The normalized spacial score (nSPS) is 19.5. The Labute approximate surface area is 188 Å². The third-order valence-corrected chi connectivity index (χ3v) is 7.89. The predicted molar refractivity (Wildman–Crippen MR) is 120 cm³/mol. The van der Waals surface area contributed by atoms with Gasteiger partial charge in [0.05, 0.1) is 19.3 Å². The highest BCUT2D eigenvalue weighted by atomic mass is 32.2. The van der Waals surface area contributed by atoms with E-state index in [1.54, 1.807) is 4.68 Å². The van der Waals surface area contributed by atoms with Gasteiger partial charge >= 0.3 is 6.03 Å². The third-order valence-electron chi connectivity index (χ3n) is 6.58. The Morgan fingerprint density at radius 3 is 2.59 bits per heavy atom. The van der Waals surface area contributed by atoms with Gasteiger partial charge in [-0.15, -0.1) is 0 Å². The Bertz CT molecular complexity index is 1130. The van der Waals surface area contributed by atoms with Crippen molar-refractivity contribution in [3.8, 4) is 5.88 Å². The second-order valence-electron chi connectivity index (χ2n) is 8.68. The lowest BCUT2D eigenvalue weighted by Crippen LogP contribution is -2.35. The molecule has 0 spiro atoms. The molecule has 0 saturated carbocycles. The van der Waals surface area contributed by atoms with Crippen molar-refractivity contribution >= 4 is 21.7 Å². The summed E-state index contributed by atoms with van der Waals surface area (Å²) in [6, 6.07) is 1.67. The second kappa shape index (κ2) is 8.40. The molecule has 172 valence electrons. The first-order valence-corrected chi connectivity index (χ1v) is 12.9. The summed E-state index contributed by atoms with van der Waals surface area (Å²) in [6.45, 7) is 3.71. The van der Waals surface area contributed by atoms with Crippen LogP contribution in [0.3, 0.4) is 0 Å². The fourth-order valence-corrected chi connectivity index (χ4v) is 6.14. The predicted octanol–water partition coefficient (Wildman–Crippen LogP) is 2.13. The highest BCUT2D eigenvalue weighted by Gasteiger charge is 2.31. The summed E-state index contributed by atoms with van der Waals surface area (Å²) < 4.78 is 35.5. The smallest absolute Gasteiger partial charge is 0.333 e. The number of nitrogens with zero attached hydrogens (tertiary/aromatic N) is 2. The van der Waals surface area contributed by atoms with Gasteiger partial charge in [-0.1, -0.05) is 13.0 Å². The molecule has 0 fully saturated rings. The van der Waals surface area contributed by atoms with E-state index in [-0.39, 0.29) is 16.8 Å². The fraction of sp³-hybridized carbons (Fsp3) is 0.545. The second-order valence-corrected chi connectivity index (χ2v) is 10.3. The molecule has 2 aliphatic carbocycles. The SMILES string of the molecule is CCN[C@@H]1CCOc2c(S(=O)(=O)NC(=O)Nc3c4c(cc5c3CCC5)CCC4)cnn2C1. The number of carbonyl (C=O) groups excluding carboxylic acids is 1. The number of hydrogen-bond acceptors (Lipinski definition) is 6. The summed E-state index contributed by atoms with van der Waals surface area (Å²) in [5.41, 5.74) is 5.65. The summed E-state index contributed by atoms with van der Waals surface area (Å²) in [6.07, 6.45) is 7.93. The van der Waals surface area contributed by atoms with Gasteiger partial charge in [0.15, 0.2) is 4.90 Å². The van der Waals surface area contributed by atoms with Gasteiger partial charge in [0.2, 0.25) is 5.88 Å². The van der Waals surface area contributed by atoms with Crippen LogP contribution in [0.4, 0.5) is 10.5 Å². The van der Waals surface area contributed by atoms with Gasteiger partial charge in [-0.2, -0.15) is 5.10 Å². The Balaban J connectivity index is 1.36. The molecule has 0 unspecified atom stereocenters. The highest BCUT2D eigenvalue weighted by molar-refractivity contribution is 7.90. The Morgan fingerprint density at radius 1 is 1.19 bits per heavy atom. The number of ether oxygens (including phenoxy) is 1. The number of urea groups is 1. The van der Waals surface area contributed by atoms with Gasteiger partial charge < -0.3 is 15.4 Å². The van der Waals surface area contributed by atoms with E-state index in [1.165, 1.54) is 17.3 Å². The van der Waals surface area contributed by atoms with Crippen molar-refractivity contribution in [2.24, 2.45) is 0 Å². The molecule has 5 rings (SSSR count). The molecule has 1 aliphatic heterocycles. The summed E-state index contributed by atoms with van der Waals surface area (Å²) in [4.78, 5) is 12.7. The first-order chi connectivity index (χ1) is 15.5. The first-order valence-electron chi connectivity index (χ1n) is 11.4. The summed E-state index contributed by atoms with van der Waals surface area (Å²) >= 11 is 0. The number of aryl methyl sites for hydroxylation is 2. The third kappa shape index (κ3) is 3.86. The van der Waals surface area contributed by atoms with Crippen molar-refractivity contribution in [1.82, 2.24) is 19.8 Å². The largest absolute Gasteiger partial charge is 0.477 e. The zero-order valence-electron chi connectivity index (χ0n) is 18.2. The fourth-order valence-electron chi connectivity index (χ4n) is 5.15. The molecule has 32 heavy (non-hydrogen) atoms. The average Bonchev–Trinajstić information content (AvgIpc) is 3.46. The Kier molecular flexibility index (Phi) is 5.58. The number of benzene rings is 1. The number of nitrogens with one attached hydrogen (secondary N) is 3. The molecule has 0 saturated heterocycles. The molecule has 9 nitrogen and oxygen atoms in total. The van der Waals surface area contributed by atoms with Gasteiger partial charge in [-0.25, -0.2) is 22.6 Å². The minimum Gasteiger partial charge on any atom is -0.477 e. The quantitative estimate of drug-likeness (QED) is 0.631. The highest BCUT2D eigenvalue weighted by Crippen LogP contribution is 2.38. The van der Waals surface area contributed by atoms with E-state index in [0.717, 1.165) is 68.3 Å². The monoisotopic (exact) mass is 459 g/mol. The number of fused-ring (bicyclic) bond motifs is 3. The van der Waals surface area contributed by atoms with Gasteiger partial charge in [0, 0.05) is 11.7 Å². The van der Waals surface area contributed by atoms with E-state index in [1.807, 2.05) is 6.92 Å². The van der Waals surface area contributed by atoms with Crippen molar-refractivity contribution in [1.29, 1.82) is 0 Å². The summed E-state index contributed by atoms with van der Waals surface area (Å²) in [5.74, 6) is 0.173. The molecule has 2 heterocycles. The number of hydrogen-bond donors (Lipinski definition) is 3. The number of carbonyl (C=O) groups is 1. The molecule has 3 aliphatic rings. The summed E-state index contributed by atoms with van der Waals surface area (Å²) in [5, 5.41) is 10.4. The number of likely N-dealkylation sites (N-methyl/N-ethyl adjacent to an activating group) is 1. The number of anilines is 1. The van der Waals surface area contributed by atoms with Gasteiger partial charge in [-0.05, 0) is 73.7 Å². The molecule has 2 amide bonds. The van der Waals surface area contributed by atoms with Crippen LogP contribution in [0.15, 0.2) is 17.2 Å². The lowest BCUT2D eigenvalue weighted by Gasteiger charge is -2.16. The van der Waals surface area contributed by atoms with Crippen LogP contribution in [-0.2, 0) is 42.3 Å². The van der Waals surface area contributed by atoms with Crippen LogP contribution in [0.5, 0.6) is 5.88 Å². The molecular formula is C22H29N5O4S. The minimum absolute atomic E-state index is 0.117. The van der Waals surface area contributed by atoms with Crippen LogP contribution in [0.2, 0.25) is 0 Å². The van der Waals surface area contributed by atoms with Gasteiger partial charge in [0.1, 0.15) is 0 Å². The maximum absolute atomic E-state index is 13.0. The lowest BCUT2D eigenvalue weighted by atomic mass is 9.99. The van der Waals surface area contributed by atoms with Crippen LogP contribution >= 0.6 is 0 Å². The van der Waals surface area contributed by atoms with Crippen molar-refractivity contribution in [2.75, 3.05) is 18.5 Å². The van der Waals surface area contributed by atoms with Crippen LogP contribution in [0.1, 0.15) is 48.4 Å². The molecule has 1 aromatic carbocycles. The first kappa shape index (κ1) is 21.3. The number of rotatable bonds is 5. The van der Waals surface area contributed by atoms with Crippen molar-refractivity contribution in [3.05, 3.63) is 34.5 Å². The molecule has 0 bridgehead atoms. The summed E-state index contributed by atoms with van der Waals surface area (Å²) in [7, 11) is -4.14. The topological polar surface area (TPSA) is 114 Å². The molecule has 1 aromatic heterocycles. The van der Waals surface area contributed by atoms with Crippen molar-refractivity contribution < 1.29 is 17.9 Å². The molecule has 10 heteroatoms. The Hall–Kier alpha value is -2.59. The molecule has 2 aromatic rings. The van der Waals surface area contributed by atoms with Crippen LogP contribution in [0, 0.1) is 0 Å². The van der Waals surface area contributed by atoms with E-state index >= 15 is 0 Å². The van der Waals surface area contributed by atoms with Crippen LogP contribution < -0.4 is 20.1 Å². The molecule has 1 atom stereocenters. The molecule has 0 radical (unpaired) electrons. The van der Waals surface area contributed by atoms with E-state index in [9.17, 15) is 13.2 Å². The van der Waals surface area contributed by atoms with Crippen molar-refractivity contribution in [3.63, 3.8) is 0 Å². The maximum Gasteiger partial charge on any atom is 0.333 e. The number of sulfonamides is 1. The average molecular weight is 460 g/mol. The van der Waals surface area contributed by atoms with E-state index < -0.39 is 16.1 Å². The van der Waals surface area contributed by atoms with Gasteiger partial charge in [-0.3, -0.25) is 0 Å². The standard InChI is InChI=1S/C22H29N5O4S/c1-2-23-16-9-10-31-21-19(12-24-27(21)13-16)32(29,30)26-22(28)25-20-17-7-3-5-14(17)11-15-6-4-8-18(15)20/h11-12,16,23H,2-10,13H2,1H3,(H2,25,26,28)/t16-/m1/s1. The van der Waals surface area contributed by atoms with E-state index in [2.05, 4.69) is 26.5 Å². The molecule has 3 N–H and O–H groups in total. The Morgan fingerprint density at radius 2 is 1.91 bits per heavy atom. The number of amides is 2. The minimum atomic E-state index is -4.14. The number of aromatic nitrogens is 2. The van der Waals surface area contributed by atoms with Crippen LogP contribution in [-0.4, -0.2) is 43.4 Å². The van der Waals surface area contributed by atoms with E-state index in [0.29, 0.717) is 13.2 Å². The van der Waals surface area contributed by atoms with Crippen molar-refractivity contribution in [2.45, 2.75) is 69.4 Å². The van der Waals surface area contributed by atoms with Gasteiger partial charge in [0.25, 0.3) is 10.0 Å². The zero-order valence-corrected chi connectivity index (χ0v) is 19.1. The zero-order chi connectivity index (χ0) is 22.3. The van der Waals surface area contributed by atoms with Crippen LogP contribution in [0.25, 0.3) is 0 Å². The molecular weight excluding hydrogens is 430 g/mol.